The number of fused-ring (bicyclic) bond motifs is 1. The Kier molecular flexibility index (Phi) is 4.08. The third-order valence-corrected chi connectivity index (χ3v) is 4.82. The average molecular weight is 358 g/mol. The zero-order chi connectivity index (χ0) is 18.9. The molecule has 1 atom stereocenters. The van der Waals surface area contributed by atoms with Gasteiger partial charge < -0.3 is 16.0 Å². The van der Waals surface area contributed by atoms with E-state index < -0.39 is 5.41 Å². The highest BCUT2D eigenvalue weighted by atomic mass is 16.1. The molecule has 1 unspecified atom stereocenters. The first-order chi connectivity index (χ1) is 13.1. The summed E-state index contributed by atoms with van der Waals surface area (Å²) in [6.45, 7) is 0. The number of anilines is 2. The van der Waals surface area contributed by atoms with Crippen molar-refractivity contribution < 1.29 is 4.79 Å². The van der Waals surface area contributed by atoms with E-state index in [1.807, 2.05) is 54.6 Å². The molecule has 0 saturated heterocycles. The van der Waals surface area contributed by atoms with Crippen molar-refractivity contribution in [3.8, 4) is 0 Å². The SMILES string of the molecule is NC(=O)C1(c2ccc(Nc3ccnc4[nH]c(=O)ccc34)cc2)C=CC=CC1. The van der Waals surface area contributed by atoms with Crippen molar-refractivity contribution in [1.82, 2.24) is 9.97 Å². The Bertz CT molecular complexity index is 1130. The van der Waals surface area contributed by atoms with Crippen LogP contribution in [0, 0.1) is 0 Å². The fourth-order valence-corrected chi connectivity index (χ4v) is 3.33. The maximum atomic E-state index is 12.1. The number of carbonyl (C=O) groups excluding carboxylic acids is 1. The van der Waals surface area contributed by atoms with Crippen LogP contribution in [0.5, 0.6) is 0 Å². The van der Waals surface area contributed by atoms with Crippen LogP contribution in [0.15, 0.2) is 77.8 Å². The van der Waals surface area contributed by atoms with Crippen molar-refractivity contribution in [3.63, 3.8) is 0 Å². The maximum Gasteiger partial charge on any atom is 0.249 e. The molecule has 2 heterocycles. The summed E-state index contributed by atoms with van der Waals surface area (Å²) in [6.07, 6.45) is 9.75. The number of nitrogens with zero attached hydrogens (tertiary/aromatic N) is 1. The van der Waals surface area contributed by atoms with Gasteiger partial charge in [-0.2, -0.15) is 0 Å². The van der Waals surface area contributed by atoms with Crippen LogP contribution in [0.4, 0.5) is 11.4 Å². The van der Waals surface area contributed by atoms with Gasteiger partial charge in [0.2, 0.25) is 11.5 Å². The number of primary amides is 1. The molecule has 4 N–H and O–H groups in total. The van der Waals surface area contributed by atoms with Crippen molar-refractivity contribution in [2.24, 2.45) is 5.73 Å². The second-order valence-electron chi connectivity index (χ2n) is 6.47. The third kappa shape index (κ3) is 3.01. The topological polar surface area (TPSA) is 101 Å². The molecule has 1 aliphatic carbocycles. The Labute approximate surface area is 155 Å². The van der Waals surface area contributed by atoms with Crippen LogP contribution in [0.3, 0.4) is 0 Å². The van der Waals surface area contributed by atoms with E-state index in [0.29, 0.717) is 12.1 Å². The first kappa shape index (κ1) is 16.8. The molecule has 0 saturated carbocycles. The number of carbonyl (C=O) groups is 1. The van der Waals surface area contributed by atoms with Crippen molar-refractivity contribution in [2.75, 3.05) is 5.32 Å². The van der Waals surface area contributed by atoms with E-state index in [0.717, 1.165) is 22.3 Å². The Hall–Kier alpha value is -3.67. The van der Waals surface area contributed by atoms with Gasteiger partial charge in [-0.1, -0.05) is 36.4 Å². The van der Waals surface area contributed by atoms with Gasteiger partial charge in [-0.25, -0.2) is 4.98 Å². The van der Waals surface area contributed by atoms with E-state index in [-0.39, 0.29) is 11.5 Å². The normalized spacial score (nSPS) is 18.5. The predicted octanol–water partition coefficient (Wildman–Crippen LogP) is 2.91. The molecule has 3 aromatic rings. The first-order valence-electron chi connectivity index (χ1n) is 8.58. The number of hydrogen-bond acceptors (Lipinski definition) is 4. The number of amides is 1. The summed E-state index contributed by atoms with van der Waals surface area (Å²) in [7, 11) is 0. The molecule has 1 aliphatic rings. The summed E-state index contributed by atoms with van der Waals surface area (Å²) in [6, 6.07) is 12.7. The summed E-state index contributed by atoms with van der Waals surface area (Å²) in [5.41, 5.74) is 7.75. The fraction of sp³-hybridized carbons (Fsp3) is 0.0952. The summed E-state index contributed by atoms with van der Waals surface area (Å²) in [5, 5.41) is 4.14. The summed E-state index contributed by atoms with van der Waals surface area (Å²) >= 11 is 0. The number of hydrogen-bond donors (Lipinski definition) is 3. The molecular weight excluding hydrogens is 340 g/mol. The number of nitrogens with one attached hydrogen (secondary N) is 2. The van der Waals surface area contributed by atoms with Gasteiger partial charge in [0.25, 0.3) is 0 Å². The number of aromatic amines is 1. The molecule has 0 bridgehead atoms. The van der Waals surface area contributed by atoms with Crippen LogP contribution in [-0.2, 0) is 10.2 Å². The maximum absolute atomic E-state index is 12.1. The molecule has 4 rings (SSSR count). The van der Waals surface area contributed by atoms with Gasteiger partial charge in [0.15, 0.2) is 0 Å². The Morgan fingerprint density at radius 3 is 2.63 bits per heavy atom. The standard InChI is InChI=1S/C21H18N4O2/c22-20(27)21(11-2-1-3-12-21)14-4-6-15(7-5-14)24-17-10-13-23-19-16(17)8-9-18(26)25-19/h1-11,13H,12H2,(H2,22,27)(H2,23,24,25,26). The smallest absolute Gasteiger partial charge is 0.249 e. The van der Waals surface area contributed by atoms with Gasteiger partial charge in [0.05, 0.1) is 11.1 Å². The second-order valence-corrected chi connectivity index (χ2v) is 6.47. The first-order valence-corrected chi connectivity index (χ1v) is 8.58. The van der Waals surface area contributed by atoms with Crippen molar-refractivity contribution in [3.05, 3.63) is 88.9 Å². The number of pyridine rings is 2. The quantitative estimate of drug-likeness (QED) is 0.667. The van der Waals surface area contributed by atoms with Gasteiger partial charge in [-0.3, -0.25) is 9.59 Å². The van der Waals surface area contributed by atoms with Crippen LogP contribution >= 0.6 is 0 Å². The van der Waals surface area contributed by atoms with Crippen molar-refractivity contribution in [1.29, 1.82) is 0 Å². The average Bonchev–Trinajstić information content (AvgIpc) is 2.69. The zero-order valence-electron chi connectivity index (χ0n) is 14.5. The number of benzene rings is 1. The van der Waals surface area contributed by atoms with Gasteiger partial charge in [-0.15, -0.1) is 0 Å². The largest absolute Gasteiger partial charge is 0.369 e. The van der Waals surface area contributed by atoms with E-state index in [9.17, 15) is 9.59 Å². The summed E-state index contributed by atoms with van der Waals surface area (Å²) in [4.78, 5) is 30.5. The number of aromatic nitrogens is 2. The second kappa shape index (κ2) is 6.57. The zero-order valence-corrected chi connectivity index (χ0v) is 14.5. The van der Waals surface area contributed by atoms with Crippen LogP contribution in [0.1, 0.15) is 12.0 Å². The monoisotopic (exact) mass is 358 g/mol. The van der Waals surface area contributed by atoms with E-state index in [1.54, 1.807) is 12.3 Å². The predicted molar refractivity (Wildman–Crippen MR) is 106 cm³/mol. The van der Waals surface area contributed by atoms with Crippen LogP contribution in [0.2, 0.25) is 0 Å². The molecule has 6 heteroatoms. The highest BCUT2D eigenvalue weighted by Gasteiger charge is 2.35. The lowest BCUT2D eigenvalue weighted by molar-refractivity contribution is -0.121. The van der Waals surface area contributed by atoms with E-state index in [2.05, 4.69) is 15.3 Å². The number of H-pyrrole nitrogens is 1. The molecule has 2 aromatic heterocycles. The Balaban J connectivity index is 1.66. The lowest BCUT2D eigenvalue weighted by atomic mass is 9.75. The van der Waals surface area contributed by atoms with Crippen molar-refractivity contribution in [2.45, 2.75) is 11.8 Å². The number of allylic oxidation sites excluding steroid dienone is 3. The van der Waals surface area contributed by atoms with Gasteiger partial charge in [-0.05, 0) is 36.2 Å². The minimum Gasteiger partial charge on any atom is -0.369 e. The molecule has 27 heavy (non-hydrogen) atoms. The van der Waals surface area contributed by atoms with E-state index in [4.69, 9.17) is 5.73 Å². The van der Waals surface area contributed by atoms with Gasteiger partial charge in [0, 0.05) is 23.3 Å². The van der Waals surface area contributed by atoms with Crippen LogP contribution in [-0.4, -0.2) is 15.9 Å². The van der Waals surface area contributed by atoms with Crippen molar-refractivity contribution >= 4 is 28.3 Å². The highest BCUT2D eigenvalue weighted by molar-refractivity contribution is 5.91. The van der Waals surface area contributed by atoms with E-state index in [1.165, 1.54) is 6.07 Å². The molecule has 1 aromatic carbocycles. The molecule has 134 valence electrons. The fourth-order valence-electron chi connectivity index (χ4n) is 3.33. The minimum absolute atomic E-state index is 0.192. The number of rotatable bonds is 4. The lowest BCUT2D eigenvalue weighted by Gasteiger charge is -2.28. The van der Waals surface area contributed by atoms with Crippen LogP contribution in [0.25, 0.3) is 11.0 Å². The van der Waals surface area contributed by atoms with Gasteiger partial charge >= 0.3 is 0 Å². The molecule has 0 spiro atoms. The Morgan fingerprint density at radius 1 is 1.11 bits per heavy atom. The molecular formula is C21H18N4O2. The van der Waals surface area contributed by atoms with E-state index >= 15 is 0 Å². The highest BCUT2D eigenvalue weighted by Crippen LogP contribution is 2.33. The lowest BCUT2D eigenvalue weighted by Crippen LogP contribution is -2.39. The third-order valence-electron chi connectivity index (χ3n) is 4.82. The molecule has 6 nitrogen and oxygen atoms in total. The van der Waals surface area contributed by atoms with Gasteiger partial charge in [0.1, 0.15) is 5.65 Å². The molecule has 1 amide bonds. The number of nitrogens with two attached hydrogens (primary N) is 1. The molecule has 0 fully saturated rings. The summed E-state index contributed by atoms with van der Waals surface area (Å²) < 4.78 is 0. The summed E-state index contributed by atoms with van der Waals surface area (Å²) in [5.74, 6) is -0.368. The molecule has 0 aliphatic heterocycles. The van der Waals surface area contributed by atoms with Crippen LogP contribution < -0.4 is 16.6 Å². The Morgan fingerprint density at radius 2 is 1.93 bits per heavy atom. The molecule has 0 radical (unpaired) electrons. The minimum atomic E-state index is -0.809.